The van der Waals surface area contributed by atoms with Gasteiger partial charge in [0, 0.05) is 32.8 Å². The first-order chi connectivity index (χ1) is 8.15. The van der Waals surface area contributed by atoms with E-state index in [1.54, 1.807) is 7.11 Å². The van der Waals surface area contributed by atoms with E-state index in [1.807, 2.05) is 11.8 Å². The molecule has 0 heterocycles. The number of hydrogen-bond acceptors (Lipinski definition) is 4. The summed E-state index contributed by atoms with van der Waals surface area (Å²) in [6.45, 7) is 8.18. The summed E-state index contributed by atoms with van der Waals surface area (Å²) in [5.41, 5.74) is 5.91. The van der Waals surface area contributed by atoms with E-state index in [0.29, 0.717) is 12.0 Å². The standard InChI is InChI=1S/C13H30N2OS/c1-12(2)11-15(7-8-16-3)13(10-14)6-5-9-17-4/h12-13H,5-11,14H2,1-4H3. The summed E-state index contributed by atoms with van der Waals surface area (Å²) in [5.74, 6) is 1.91. The van der Waals surface area contributed by atoms with Crippen LogP contribution in [-0.4, -0.2) is 56.3 Å². The highest BCUT2D eigenvalue weighted by molar-refractivity contribution is 7.98. The van der Waals surface area contributed by atoms with Gasteiger partial charge in [0.25, 0.3) is 0 Å². The van der Waals surface area contributed by atoms with Crippen molar-refractivity contribution in [1.82, 2.24) is 4.90 Å². The summed E-state index contributed by atoms with van der Waals surface area (Å²) in [5, 5.41) is 0. The molecule has 0 saturated heterocycles. The van der Waals surface area contributed by atoms with Crippen molar-refractivity contribution >= 4 is 11.8 Å². The summed E-state index contributed by atoms with van der Waals surface area (Å²) in [7, 11) is 1.76. The van der Waals surface area contributed by atoms with Crippen LogP contribution < -0.4 is 5.73 Å². The van der Waals surface area contributed by atoms with Gasteiger partial charge >= 0.3 is 0 Å². The molecule has 0 aliphatic carbocycles. The van der Waals surface area contributed by atoms with Crippen molar-refractivity contribution in [3.63, 3.8) is 0 Å². The highest BCUT2D eigenvalue weighted by Gasteiger charge is 2.17. The number of thioether (sulfide) groups is 1. The van der Waals surface area contributed by atoms with Crippen LogP contribution in [0.25, 0.3) is 0 Å². The fourth-order valence-electron chi connectivity index (χ4n) is 2.01. The maximum absolute atomic E-state index is 5.91. The van der Waals surface area contributed by atoms with Crippen molar-refractivity contribution in [2.75, 3.05) is 45.4 Å². The highest BCUT2D eigenvalue weighted by Crippen LogP contribution is 2.11. The van der Waals surface area contributed by atoms with Gasteiger partial charge in [-0.3, -0.25) is 4.90 Å². The van der Waals surface area contributed by atoms with Crippen molar-refractivity contribution < 1.29 is 4.74 Å². The van der Waals surface area contributed by atoms with Gasteiger partial charge in [-0.25, -0.2) is 0 Å². The van der Waals surface area contributed by atoms with Gasteiger partial charge in [0.2, 0.25) is 0 Å². The number of ether oxygens (including phenoxy) is 1. The summed E-state index contributed by atoms with van der Waals surface area (Å²) in [6, 6.07) is 0.514. The predicted molar refractivity (Wildman–Crippen MR) is 78.7 cm³/mol. The van der Waals surface area contributed by atoms with Gasteiger partial charge < -0.3 is 10.5 Å². The van der Waals surface area contributed by atoms with E-state index in [0.717, 1.165) is 26.2 Å². The van der Waals surface area contributed by atoms with Gasteiger partial charge in [-0.2, -0.15) is 11.8 Å². The minimum Gasteiger partial charge on any atom is -0.383 e. The SMILES string of the molecule is COCCN(CC(C)C)C(CN)CCCSC. The molecule has 0 bridgehead atoms. The number of rotatable bonds is 11. The Morgan fingerprint density at radius 1 is 1.35 bits per heavy atom. The molecule has 0 spiro atoms. The third-order valence-corrected chi connectivity index (χ3v) is 3.55. The van der Waals surface area contributed by atoms with Crippen molar-refractivity contribution in [1.29, 1.82) is 0 Å². The topological polar surface area (TPSA) is 38.5 Å². The normalized spacial score (nSPS) is 13.6. The zero-order chi connectivity index (χ0) is 13.1. The molecule has 3 nitrogen and oxygen atoms in total. The van der Waals surface area contributed by atoms with Gasteiger partial charge in [-0.05, 0) is 30.8 Å². The van der Waals surface area contributed by atoms with Crippen LogP contribution in [0.3, 0.4) is 0 Å². The van der Waals surface area contributed by atoms with E-state index in [-0.39, 0.29) is 0 Å². The molecule has 104 valence electrons. The van der Waals surface area contributed by atoms with Crippen molar-refractivity contribution in [3.8, 4) is 0 Å². The summed E-state index contributed by atoms with van der Waals surface area (Å²) in [4.78, 5) is 2.49. The molecular weight excluding hydrogens is 232 g/mol. The average Bonchev–Trinajstić information content (AvgIpc) is 2.30. The molecule has 0 aromatic heterocycles. The maximum atomic E-state index is 5.91. The number of nitrogens with zero attached hydrogens (tertiary/aromatic N) is 1. The lowest BCUT2D eigenvalue weighted by molar-refractivity contribution is 0.108. The molecule has 1 atom stereocenters. The monoisotopic (exact) mass is 262 g/mol. The van der Waals surface area contributed by atoms with Crippen molar-refractivity contribution in [2.24, 2.45) is 11.7 Å². The minimum absolute atomic E-state index is 0.514. The van der Waals surface area contributed by atoms with Gasteiger partial charge in [0.05, 0.1) is 6.61 Å². The minimum atomic E-state index is 0.514. The highest BCUT2D eigenvalue weighted by atomic mass is 32.2. The van der Waals surface area contributed by atoms with Crippen LogP contribution in [0, 0.1) is 5.92 Å². The molecule has 0 rings (SSSR count). The lowest BCUT2D eigenvalue weighted by Crippen LogP contribution is -2.44. The Bertz CT molecular complexity index is 167. The smallest absolute Gasteiger partial charge is 0.0589 e. The number of nitrogens with two attached hydrogens (primary N) is 1. The first kappa shape index (κ1) is 17.2. The molecule has 0 aromatic rings. The van der Waals surface area contributed by atoms with Gasteiger partial charge in [-0.1, -0.05) is 13.8 Å². The Morgan fingerprint density at radius 2 is 2.06 bits per heavy atom. The lowest BCUT2D eigenvalue weighted by atomic mass is 10.1. The molecule has 0 aliphatic rings. The van der Waals surface area contributed by atoms with E-state index in [9.17, 15) is 0 Å². The quantitative estimate of drug-likeness (QED) is 0.579. The predicted octanol–water partition coefficient (Wildman–Crippen LogP) is 2.06. The van der Waals surface area contributed by atoms with Gasteiger partial charge in [0.1, 0.15) is 0 Å². The Balaban J connectivity index is 4.16. The molecule has 0 aliphatic heterocycles. The van der Waals surface area contributed by atoms with E-state index in [2.05, 4.69) is 25.0 Å². The first-order valence-corrected chi connectivity index (χ1v) is 7.97. The molecule has 0 saturated carbocycles. The molecule has 0 radical (unpaired) electrons. The van der Waals surface area contributed by atoms with Crippen LogP contribution in [0.5, 0.6) is 0 Å². The van der Waals surface area contributed by atoms with Crippen molar-refractivity contribution in [2.45, 2.75) is 32.7 Å². The number of methoxy groups -OCH3 is 1. The maximum Gasteiger partial charge on any atom is 0.0589 e. The van der Waals surface area contributed by atoms with Crippen LogP contribution in [0.4, 0.5) is 0 Å². The van der Waals surface area contributed by atoms with Crippen LogP contribution in [-0.2, 0) is 4.74 Å². The summed E-state index contributed by atoms with van der Waals surface area (Å²) < 4.78 is 5.19. The van der Waals surface area contributed by atoms with Crippen molar-refractivity contribution in [3.05, 3.63) is 0 Å². The van der Waals surface area contributed by atoms with Gasteiger partial charge in [0.15, 0.2) is 0 Å². The van der Waals surface area contributed by atoms with Gasteiger partial charge in [-0.15, -0.1) is 0 Å². The summed E-state index contributed by atoms with van der Waals surface area (Å²) in [6.07, 6.45) is 4.62. The van der Waals surface area contributed by atoms with E-state index >= 15 is 0 Å². The Kier molecular flexibility index (Phi) is 11.5. The fourth-order valence-corrected chi connectivity index (χ4v) is 2.47. The summed E-state index contributed by atoms with van der Waals surface area (Å²) >= 11 is 1.91. The zero-order valence-corrected chi connectivity index (χ0v) is 12.8. The average molecular weight is 262 g/mol. The van der Waals surface area contributed by atoms with E-state index in [4.69, 9.17) is 10.5 Å². The molecule has 0 fully saturated rings. The molecule has 2 N–H and O–H groups in total. The second-order valence-corrected chi connectivity index (χ2v) is 5.89. The molecule has 1 unspecified atom stereocenters. The largest absolute Gasteiger partial charge is 0.383 e. The van der Waals surface area contributed by atoms with Crippen LogP contribution in [0.1, 0.15) is 26.7 Å². The molecule has 17 heavy (non-hydrogen) atoms. The third kappa shape index (κ3) is 8.89. The lowest BCUT2D eigenvalue weighted by Gasteiger charge is -2.32. The second kappa shape index (κ2) is 11.3. The van der Waals surface area contributed by atoms with Crippen LogP contribution in [0.2, 0.25) is 0 Å². The first-order valence-electron chi connectivity index (χ1n) is 6.57. The van der Waals surface area contributed by atoms with E-state index < -0.39 is 0 Å². The Hall–Kier alpha value is 0.230. The molecule has 4 heteroatoms. The molecular formula is C13H30N2OS. The van der Waals surface area contributed by atoms with Crippen LogP contribution in [0.15, 0.2) is 0 Å². The fraction of sp³-hybridized carbons (Fsp3) is 1.00. The Labute approximate surface area is 111 Å². The second-order valence-electron chi connectivity index (χ2n) is 4.91. The third-order valence-electron chi connectivity index (χ3n) is 2.86. The molecule has 0 amide bonds. The number of hydrogen-bond donors (Lipinski definition) is 1. The molecule has 0 aromatic carbocycles. The van der Waals surface area contributed by atoms with Crippen LogP contribution >= 0.6 is 11.8 Å². The van der Waals surface area contributed by atoms with E-state index in [1.165, 1.54) is 18.6 Å². The Morgan fingerprint density at radius 3 is 2.53 bits per heavy atom. The zero-order valence-electron chi connectivity index (χ0n) is 11.9.